The van der Waals surface area contributed by atoms with Gasteiger partial charge in [-0.15, -0.1) is 0 Å². The monoisotopic (exact) mass is 322 g/mol. The van der Waals surface area contributed by atoms with E-state index in [0.29, 0.717) is 25.2 Å². The van der Waals surface area contributed by atoms with Crippen LogP contribution in [0.25, 0.3) is 0 Å². The molecule has 0 spiro atoms. The first kappa shape index (κ1) is 17.7. The summed E-state index contributed by atoms with van der Waals surface area (Å²) in [6.07, 6.45) is 0.491. The highest BCUT2D eigenvalue weighted by atomic mass is 19.1. The predicted molar refractivity (Wildman–Crippen MR) is 90.8 cm³/mol. The average molecular weight is 322 g/mol. The lowest BCUT2D eigenvalue weighted by Crippen LogP contribution is -2.40. The van der Waals surface area contributed by atoms with Gasteiger partial charge in [-0.05, 0) is 45.1 Å². The fourth-order valence-corrected chi connectivity index (χ4v) is 2.71. The van der Waals surface area contributed by atoms with E-state index in [0.717, 1.165) is 31.0 Å². The number of aliphatic imine (C=N–C) groups is 1. The first-order valence-corrected chi connectivity index (χ1v) is 8.13. The van der Waals surface area contributed by atoms with E-state index in [1.807, 2.05) is 32.0 Å². The molecule has 23 heavy (non-hydrogen) atoms. The minimum Gasteiger partial charge on any atom is -0.391 e. The minimum absolute atomic E-state index is 0.180. The van der Waals surface area contributed by atoms with Crippen LogP contribution in [0.2, 0.25) is 0 Å². The summed E-state index contributed by atoms with van der Waals surface area (Å²) in [5.41, 5.74) is 1.67. The van der Waals surface area contributed by atoms with Crippen molar-refractivity contribution in [3.05, 3.63) is 35.1 Å². The molecule has 0 bridgehead atoms. The molecule has 1 aliphatic heterocycles. The van der Waals surface area contributed by atoms with Gasteiger partial charge < -0.3 is 20.2 Å². The number of aliphatic hydroxyl groups excluding tert-OH is 1. The average Bonchev–Trinajstić information content (AvgIpc) is 2.92. The van der Waals surface area contributed by atoms with E-state index in [1.54, 1.807) is 6.07 Å². The number of likely N-dealkylation sites (tertiary alicyclic amines) is 1. The lowest BCUT2D eigenvalue weighted by atomic mass is 10.1. The molecule has 1 aromatic carbocycles. The van der Waals surface area contributed by atoms with Crippen molar-refractivity contribution in [2.45, 2.75) is 32.5 Å². The van der Waals surface area contributed by atoms with Gasteiger partial charge in [0.1, 0.15) is 5.82 Å². The Balaban J connectivity index is 2.09. The number of benzene rings is 1. The number of nitrogens with one attached hydrogen (secondary N) is 1. The Morgan fingerprint density at radius 1 is 1.48 bits per heavy atom. The van der Waals surface area contributed by atoms with Crippen molar-refractivity contribution in [2.24, 2.45) is 4.99 Å². The second-order valence-electron chi connectivity index (χ2n) is 6.22. The zero-order valence-corrected chi connectivity index (χ0v) is 14.2. The Kier molecular flexibility index (Phi) is 6.36. The third-order valence-corrected chi connectivity index (χ3v) is 3.81. The second-order valence-corrected chi connectivity index (χ2v) is 6.22. The number of guanidine groups is 1. The topological polar surface area (TPSA) is 51.1 Å². The highest BCUT2D eigenvalue weighted by Crippen LogP contribution is 2.14. The third kappa shape index (κ3) is 5.18. The van der Waals surface area contributed by atoms with Crippen molar-refractivity contribution in [3.63, 3.8) is 0 Å². The molecule has 1 saturated heterocycles. The third-order valence-electron chi connectivity index (χ3n) is 3.81. The van der Waals surface area contributed by atoms with Crippen molar-refractivity contribution >= 4 is 5.96 Å². The molecule has 1 fully saturated rings. The molecule has 1 atom stereocenters. The van der Waals surface area contributed by atoms with Gasteiger partial charge in [0.25, 0.3) is 0 Å². The molecule has 128 valence electrons. The molecule has 0 unspecified atom stereocenters. The van der Waals surface area contributed by atoms with E-state index >= 15 is 0 Å². The standard InChI is InChI=1S/C17H27FN4O/c1-4-19-17(22-8-7-15(23)12-22)20-10-13-5-6-16(18)14(9-13)11-21(2)3/h5-6,9,15,23H,4,7-8,10-12H2,1-3H3,(H,19,20)/t15-/m1/s1. The molecule has 2 N–H and O–H groups in total. The molecule has 0 aromatic heterocycles. The van der Waals surface area contributed by atoms with Gasteiger partial charge in [-0.1, -0.05) is 6.07 Å². The fraction of sp³-hybridized carbons (Fsp3) is 0.588. The van der Waals surface area contributed by atoms with Crippen LogP contribution in [-0.2, 0) is 13.1 Å². The van der Waals surface area contributed by atoms with Crippen LogP contribution < -0.4 is 5.32 Å². The molecule has 5 nitrogen and oxygen atoms in total. The largest absolute Gasteiger partial charge is 0.391 e. The fourth-order valence-electron chi connectivity index (χ4n) is 2.71. The molecule has 1 heterocycles. The maximum Gasteiger partial charge on any atom is 0.194 e. The van der Waals surface area contributed by atoms with Crippen LogP contribution in [0, 0.1) is 5.82 Å². The van der Waals surface area contributed by atoms with E-state index < -0.39 is 0 Å². The predicted octanol–water partition coefficient (Wildman–Crippen LogP) is 1.42. The number of nitrogens with zero attached hydrogens (tertiary/aromatic N) is 3. The summed E-state index contributed by atoms with van der Waals surface area (Å²) in [5, 5.41) is 12.9. The second kappa shape index (κ2) is 8.26. The van der Waals surface area contributed by atoms with E-state index in [1.165, 1.54) is 6.07 Å². The molecule has 0 aliphatic carbocycles. The summed E-state index contributed by atoms with van der Waals surface area (Å²) in [5.74, 6) is 0.628. The number of hydrogen-bond acceptors (Lipinski definition) is 3. The van der Waals surface area contributed by atoms with Crippen molar-refractivity contribution in [3.8, 4) is 0 Å². The van der Waals surface area contributed by atoms with Crippen LogP contribution >= 0.6 is 0 Å². The summed E-state index contributed by atoms with van der Waals surface area (Å²) in [6, 6.07) is 5.16. The highest BCUT2D eigenvalue weighted by Gasteiger charge is 2.22. The summed E-state index contributed by atoms with van der Waals surface area (Å²) in [6.45, 7) is 5.29. The molecular weight excluding hydrogens is 295 g/mol. The van der Waals surface area contributed by atoms with Crippen molar-refractivity contribution in [2.75, 3.05) is 33.7 Å². The summed E-state index contributed by atoms with van der Waals surface area (Å²) in [4.78, 5) is 8.65. The number of halogens is 1. The zero-order chi connectivity index (χ0) is 16.8. The Morgan fingerprint density at radius 3 is 2.87 bits per heavy atom. The molecule has 6 heteroatoms. The molecule has 0 amide bonds. The minimum atomic E-state index is -0.281. The van der Waals surface area contributed by atoms with E-state index in [-0.39, 0.29) is 11.9 Å². The van der Waals surface area contributed by atoms with Crippen LogP contribution in [0.5, 0.6) is 0 Å². The van der Waals surface area contributed by atoms with Gasteiger partial charge in [-0.2, -0.15) is 0 Å². The van der Waals surface area contributed by atoms with Crippen molar-refractivity contribution < 1.29 is 9.50 Å². The maximum absolute atomic E-state index is 13.8. The van der Waals surface area contributed by atoms with Crippen LogP contribution in [0.3, 0.4) is 0 Å². The Bertz CT molecular complexity index is 547. The summed E-state index contributed by atoms with van der Waals surface area (Å²) >= 11 is 0. The zero-order valence-electron chi connectivity index (χ0n) is 14.2. The van der Waals surface area contributed by atoms with Crippen LogP contribution in [0.4, 0.5) is 4.39 Å². The normalized spacial score (nSPS) is 18.8. The van der Waals surface area contributed by atoms with Gasteiger partial charge >= 0.3 is 0 Å². The summed E-state index contributed by atoms with van der Waals surface area (Å²) in [7, 11) is 3.85. The summed E-state index contributed by atoms with van der Waals surface area (Å²) < 4.78 is 13.8. The maximum atomic E-state index is 13.8. The Morgan fingerprint density at radius 2 is 2.26 bits per heavy atom. The van der Waals surface area contributed by atoms with E-state index in [4.69, 9.17) is 0 Å². The SMILES string of the molecule is CCNC(=NCc1ccc(F)c(CN(C)C)c1)N1CC[C@@H](O)C1. The van der Waals surface area contributed by atoms with Gasteiger partial charge in [0, 0.05) is 31.7 Å². The van der Waals surface area contributed by atoms with Gasteiger partial charge in [0.2, 0.25) is 0 Å². The lowest BCUT2D eigenvalue weighted by molar-refractivity contribution is 0.188. The smallest absolute Gasteiger partial charge is 0.194 e. The van der Waals surface area contributed by atoms with Gasteiger partial charge in [0.15, 0.2) is 5.96 Å². The number of aliphatic hydroxyl groups is 1. The van der Waals surface area contributed by atoms with Crippen LogP contribution in [0.15, 0.2) is 23.2 Å². The molecule has 0 saturated carbocycles. The first-order valence-electron chi connectivity index (χ1n) is 8.13. The van der Waals surface area contributed by atoms with E-state index in [9.17, 15) is 9.50 Å². The van der Waals surface area contributed by atoms with Gasteiger partial charge in [-0.25, -0.2) is 9.38 Å². The van der Waals surface area contributed by atoms with Crippen LogP contribution in [-0.4, -0.2) is 60.7 Å². The van der Waals surface area contributed by atoms with Gasteiger partial charge in [0.05, 0.1) is 12.6 Å². The Hall–Kier alpha value is -1.66. The van der Waals surface area contributed by atoms with Crippen molar-refractivity contribution in [1.29, 1.82) is 0 Å². The van der Waals surface area contributed by atoms with Crippen LogP contribution in [0.1, 0.15) is 24.5 Å². The molecule has 1 aromatic rings. The molecule has 0 radical (unpaired) electrons. The molecule has 2 rings (SSSR count). The van der Waals surface area contributed by atoms with Gasteiger partial charge in [-0.3, -0.25) is 0 Å². The number of hydrogen-bond donors (Lipinski definition) is 2. The first-order chi connectivity index (χ1) is 11.0. The number of rotatable bonds is 5. The van der Waals surface area contributed by atoms with E-state index in [2.05, 4.69) is 15.2 Å². The Labute approximate surface area is 137 Å². The molecular formula is C17H27FN4O. The van der Waals surface area contributed by atoms with Crippen molar-refractivity contribution in [1.82, 2.24) is 15.1 Å². The highest BCUT2D eigenvalue weighted by molar-refractivity contribution is 5.80. The quantitative estimate of drug-likeness (QED) is 0.636. The molecule has 1 aliphatic rings. The lowest BCUT2D eigenvalue weighted by Gasteiger charge is -2.21. The number of β-amino-alcohol motifs (C(OH)–C–C–N with tert-alkyl or cyclic N) is 1.